The fourth-order valence-corrected chi connectivity index (χ4v) is 4.26. The molecule has 0 aliphatic carbocycles. The molecule has 1 aliphatic rings. The summed E-state index contributed by atoms with van der Waals surface area (Å²) in [4.78, 5) is 4.74. The van der Waals surface area contributed by atoms with E-state index in [-0.39, 0.29) is 5.41 Å². The fraction of sp³-hybridized carbons (Fsp3) is 0.364. The summed E-state index contributed by atoms with van der Waals surface area (Å²) in [5.74, 6) is 0. The third-order valence-corrected chi connectivity index (χ3v) is 5.81. The molecule has 0 bridgehead atoms. The van der Waals surface area contributed by atoms with Crippen LogP contribution in [0.2, 0.25) is 10.0 Å². The second-order valence-electron chi connectivity index (χ2n) is 7.30. The lowest BCUT2D eigenvalue weighted by Crippen LogP contribution is -2.42. The third-order valence-electron chi connectivity index (χ3n) is 5.33. The predicted octanol–water partition coefficient (Wildman–Crippen LogP) is 5.74. The van der Waals surface area contributed by atoms with E-state index in [2.05, 4.69) is 55.1 Å². The molecular weight excluding hydrogens is 363 g/mol. The molecule has 1 heterocycles. The second-order valence-corrected chi connectivity index (χ2v) is 8.17. The summed E-state index contributed by atoms with van der Waals surface area (Å²) >= 11 is 12.2. The smallest absolute Gasteiger partial charge is 0.0410 e. The van der Waals surface area contributed by atoms with E-state index in [1.54, 1.807) is 0 Å². The Morgan fingerprint density at radius 3 is 2.50 bits per heavy atom. The molecule has 1 atom stereocenters. The van der Waals surface area contributed by atoms with Crippen molar-refractivity contribution in [2.24, 2.45) is 0 Å². The fourth-order valence-electron chi connectivity index (χ4n) is 3.96. The molecule has 0 amide bonds. The average molecular weight is 389 g/mol. The van der Waals surface area contributed by atoms with Gasteiger partial charge >= 0.3 is 0 Å². The lowest BCUT2D eigenvalue weighted by atomic mass is 9.79. The van der Waals surface area contributed by atoms with E-state index in [4.69, 9.17) is 23.2 Å². The van der Waals surface area contributed by atoms with Crippen LogP contribution in [0.25, 0.3) is 6.08 Å². The molecule has 2 aromatic rings. The number of benzene rings is 2. The third kappa shape index (κ3) is 4.09. The summed E-state index contributed by atoms with van der Waals surface area (Å²) < 4.78 is 0. The maximum absolute atomic E-state index is 6.30. The molecule has 3 rings (SSSR count). The van der Waals surface area contributed by atoms with E-state index >= 15 is 0 Å². The normalized spacial score (nSPS) is 19.5. The Morgan fingerprint density at radius 1 is 1.12 bits per heavy atom. The minimum Gasteiger partial charge on any atom is -0.373 e. The Kier molecular flexibility index (Phi) is 5.96. The van der Waals surface area contributed by atoms with Crippen molar-refractivity contribution in [1.82, 2.24) is 4.90 Å². The first-order valence-electron chi connectivity index (χ1n) is 9.05. The molecule has 26 heavy (non-hydrogen) atoms. The number of hydrogen-bond acceptors (Lipinski definition) is 2. The van der Waals surface area contributed by atoms with Gasteiger partial charge in [-0.3, -0.25) is 0 Å². The zero-order valence-electron chi connectivity index (χ0n) is 15.7. The Labute approximate surface area is 167 Å². The second kappa shape index (κ2) is 8.04. The van der Waals surface area contributed by atoms with Crippen LogP contribution in [-0.4, -0.2) is 38.6 Å². The number of nitrogens with zero attached hydrogens (tertiary/aromatic N) is 2. The van der Waals surface area contributed by atoms with Crippen LogP contribution in [0.3, 0.4) is 0 Å². The van der Waals surface area contributed by atoms with E-state index in [9.17, 15) is 0 Å². The van der Waals surface area contributed by atoms with Gasteiger partial charge in [0.2, 0.25) is 0 Å². The van der Waals surface area contributed by atoms with Crippen molar-refractivity contribution in [2.45, 2.75) is 18.8 Å². The number of fused-ring (bicyclic) bond motifs is 1. The molecule has 1 aliphatic heterocycles. The highest BCUT2D eigenvalue weighted by Crippen LogP contribution is 2.43. The summed E-state index contributed by atoms with van der Waals surface area (Å²) in [6.07, 6.45) is 5.46. The summed E-state index contributed by atoms with van der Waals surface area (Å²) in [6, 6.07) is 14.2. The van der Waals surface area contributed by atoms with Crippen molar-refractivity contribution in [3.8, 4) is 0 Å². The molecule has 2 aromatic carbocycles. The molecule has 0 radical (unpaired) electrons. The minimum absolute atomic E-state index is 0.123. The van der Waals surface area contributed by atoms with Gasteiger partial charge in [0.15, 0.2) is 0 Å². The first kappa shape index (κ1) is 19.3. The Morgan fingerprint density at radius 2 is 1.81 bits per heavy atom. The van der Waals surface area contributed by atoms with Gasteiger partial charge in [-0.2, -0.15) is 0 Å². The predicted molar refractivity (Wildman–Crippen MR) is 115 cm³/mol. The first-order valence-corrected chi connectivity index (χ1v) is 9.81. The highest BCUT2D eigenvalue weighted by Gasteiger charge is 2.40. The molecule has 0 fully saturated rings. The van der Waals surface area contributed by atoms with Crippen molar-refractivity contribution in [1.29, 1.82) is 0 Å². The number of anilines is 1. The summed E-state index contributed by atoms with van der Waals surface area (Å²) in [5.41, 5.74) is 3.98. The summed E-state index contributed by atoms with van der Waals surface area (Å²) in [7, 11) is 4.36. The van der Waals surface area contributed by atoms with Gasteiger partial charge in [-0.15, -0.1) is 0 Å². The van der Waals surface area contributed by atoms with Crippen LogP contribution in [0.4, 0.5) is 5.69 Å². The van der Waals surface area contributed by atoms with Crippen LogP contribution in [0, 0.1) is 0 Å². The minimum atomic E-state index is 0.123. The molecule has 138 valence electrons. The van der Waals surface area contributed by atoms with Gasteiger partial charge in [0.1, 0.15) is 0 Å². The van der Waals surface area contributed by atoms with E-state index in [1.807, 2.05) is 30.3 Å². The van der Waals surface area contributed by atoms with E-state index in [0.717, 1.165) is 36.1 Å². The zero-order valence-corrected chi connectivity index (χ0v) is 17.2. The highest BCUT2D eigenvalue weighted by atomic mass is 35.5. The van der Waals surface area contributed by atoms with Crippen molar-refractivity contribution < 1.29 is 0 Å². The van der Waals surface area contributed by atoms with Gasteiger partial charge in [0.25, 0.3) is 0 Å². The summed E-state index contributed by atoms with van der Waals surface area (Å²) in [5, 5.41) is 1.59. The van der Waals surface area contributed by atoms with Crippen LogP contribution in [0.15, 0.2) is 48.5 Å². The Bertz CT molecular complexity index is 785. The van der Waals surface area contributed by atoms with Gasteiger partial charge in [-0.1, -0.05) is 54.4 Å². The van der Waals surface area contributed by atoms with E-state index in [1.165, 1.54) is 16.8 Å². The topological polar surface area (TPSA) is 6.48 Å². The number of likely N-dealkylation sites (N-methyl/N-ethyl adjacent to an activating group) is 2. The van der Waals surface area contributed by atoms with E-state index < -0.39 is 0 Å². The highest BCUT2D eigenvalue weighted by molar-refractivity contribution is 6.31. The number of hydrogen-bond donors (Lipinski definition) is 0. The first-order chi connectivity index (χ1) is 12.4. The molecule has 0 N–H and O–H groups in total. The molecule has 4 heteroatoms. The number of rotatable bonds is 6. The van der Waals surface area contributed by atoms with Crippen LogP contribution in [0.1, 0.15) is 24.5 Å². The molecule has 0 spiro atoms. The van der Waals surface area contributed by atoms with E-state index in [0.29, 0.717) is 0 Å². The van der Waals surface area contributed by atoms with Crippen molar-refractivity contribution in [3.05, 3.63) is 69.7 Å². The molecule has 1 unspecified atom stereocenters. The maximum atomic E-state index is 6.30. The average Bonchev–Trinajstić information content (AvgIpc) is 2.88. The Hall–Kier alpha value is -1.48. The largest absolute Gasteiger partial charge is 0.373 e. The quantitative estimate of drug-likeness (QED) is 0.622. The summed E-state index contributed by atoms with van der Waals surface area (Å²) in [6.45, 7) is 5.22. The van der Waals surface area contributed by atoms with Crippen LogP contribution >= 0.6 is 23.2 Å². The SMILES string of the molecule is CCC1(CN(C)C/C=C/c2ccc(Cl)cc2)CN(C)c2ccc(Cl)cc21. The standard InChI is InChI=1S/C22H26Cl2N2/c1-4-22(16-26(3)21-12-11-19(24)14-20(21)22)15-25(2)13-5-6-17-7-9-18(23)10-8-17/h5-12,14H,4,13,15-16H2,1-3H3/b6-5+. The van der Waals surface area contributed by atoms with Crippen molar-refractivity contribution >= 4 is 35.0 Å². The maximum Gasteiger partial charge on any atom is 0.0410 e. The van der Waals surface area contributed by atoms with Gasteiger partial charge in [0.05, 0.1) is 0 Å². The molecular formula is C22H26Cl2N2. The van der Waals surface area contributed by atoms with Gasteiger partial charge in [-0.05, 0) is 54.9 Å². The van der Waals surface area contributed by atoms with Crippen LogP contribution in [-0.2, 0) is 5.41 Å². The van der Waals surface area contributed by atoms with Crippen molar-refractivity contribution in [3.63, 3.8) is 0 Å². The van der Waals surface area contributed by atoms with Gasteiger partial charge in [0, 0.05) is 47.8 Å². The zero-order chi connectivity index (χ0) is 18.7. The van der Waals surface area contributed by atoms with Crippen molar-refractivity contribution in [2.75, 3.05) is 38.6 Å². The monoisotopic (exact) mass is 388 g/mol. The lowest BCUT2D eigenvalue weighted by molar-refractivity contribution is 0.266. The van der Waals surface area contributed by atoms with Gasteiger partial charge in [-0.25, -0.2) is 0 Å². The molecule has 2 nitrogen and oxygen atoms in total. The van der Waals surface area contributed by atoms with Crippen LogP contribution < -0.4 is 4.90 Å². The molecule has 0 saturated heterocycles. The van der Waals surface area contributed by atoms with Crippen LogP contribution in [0.5, 0.6) is 0 Å². The Balaban J connectivity index is 1.70. The van der Waals surface area contributed by atoms with Gasteiger partial charge < -0.3 is 9.80 Å². The number of halogens is 2. The molecule has 0 saturated carbocycles. The molecule has 0 aromatic heterocycles. The lowest BCUT2D eigenvalue weighted by Gasteiger charge is -2.33.